The van der Waals surface area contributed by atoms with E-state index >= 15 is 0 Å². The van der Waals surface area contributed by atoms with Crippen LogP contribution in [0.2, 0.25) is 5.02 Å². The molecule has 2 nitrogen and oxygen atoms in total. The molecule has 1 N–H and O–H groups in total. The Kier molecular flexibility index (Phi) is 2.88. The molecule has 0 fully saturated rings. The van der Waals surface area contributed by atoms with Gasteiger partial charge in [0.2, 0.25) is 0 Å². The average Bonchev–Trinajstić information content (AvgIpc) is 2.78. The summed E-state index contributed by atoms with van der Waals surface area (Å²) < 4.78 is 13.4. The summed E-state index contributed by atoms with van der Waals surface area (Å²) in [7, 11) is 2.11. The van der Waals surface area contributed by atoms with E-state index < -0.39 is 0 Å². The maximum atomic E-state index is 13.4. The molecule has 0 amide bonds. The molecule has 0 radical (unpaired) electrons. The van der Waals surface area contributed by atoms with Crippen molar-refractivity contribution in [1.29, 1.82) is 0 Å². The Balaban J connectivity index is 2.14. The van der Waals surface area contributed by atoms with Crippen molar-refractivity contribution in [3.63, 3.8) is 0 Å². The lowest BCUT2D eigenvalue weighted by atomic mass is 10.0. The molecule has 0 atom stereocenters. The van der Waals surface area contributed by atoms with Crippen molar-refractivity contribution in [2.75, 3.05) is 20.1 Å². The van der Waals surface area contributed by atoms with Crippen LogP contribution in [0.4, 0.5) is 4.39 Å². The van der Waals surface area contributed by atoms with Crippen LogP contribution in [0.25, 0.3) is 16.5 Å². The fourth-order valence-electron chi connectivity index (χ4n) is 2.49. The van der Waals surface area contributed by atoms with E-state index in [4.69, 9.17) is 11.6 Å². The number of halogens is 2. The van der Waals surface area contributed by atoms with Gasteiger partial charge in [-0.15, -0.1) is 0 Å². The summed E-state index contributed by atoms with van der Waals surface area (Å²) in [4.78, 5) is 5.36. The van der Waals surface area contributed by atoms with E-state index in [1.165, 1.54) is 11.6 Å². The van der Waals surface area contributed by atoms with Gasteiger partial charge in [0.1, 0.15) is 10.8 Å². The van der Waals surface area contributed by atoms with Gasteiger partial charge >= 0.3 is 0 Å². The van der Waals surface area contributed by atoms with Crippen LogP contribution in [0.3, 0.4) is 0 Å². The summed E-state index contributed by atoms with van der Waals surface area (Å²) in [6, 6.07) is 3.22. The van der Waals surface area contributed by atoms with Crippen LogP contribution < -0.4 is 0 Å². The number of nitrogens with zero attached hydrogens (tertiary/aromatic N) is 1. The number of rotatable bonds is 1. The van der Waals surface area contributed by atoms with Crippen LogP contribution in [-0.2, 0) is 0 Å². The monoisotopic (exact) mass is 264 g/mol. The van der Waals surface area contributed by atoms with Gasteiger partial charge in [-0.05, 0) is 31.2 Å². The zero-order chi connectivity index (χ0) is 12.7. The number of hydrogen-bond acceptors (Lipinski definition) is 1. The summed E-state index contributed by atoms with van der Waals surface area (Å²) in [5.41, 5.74) is 3.08. The second-order valence-corrected chi connectivity index (χ2v) is 5.12. The molecule has 1 aromatic carbocycles. The van der Waals surface area contributed by atoms with Crippen molar-refractivity contribution in [3.8, 4) is 0 Å². The van der Waals surface area contributed by atoms with Gasteiger partial charge in [-0.25, -0.2) is 4.39 Å². The van der Waals surface area contributed by atoms with Crippen molar-refractivity contribution >= 4 is 28.1 Å². The van der Waals surface area contributed by atoms with Crippen molar-refractivity contribution in [1.82, 2.24) is 9.88 Å². The van der Waals surface area contributed by atoms with Gasteiger partial charge in [-0.3, -0.25) is 0 Å². The van der Waals surface area contributed by atoms with Crippen molar-refractivity contribution in [3.05, 3.63) is 40.8 Å². The Morgan fingerprint density at radius 3 is 3.00 bits per heavy atom. The van der Waals surface area contributed by atoms with Gasteiger partial charge in [0.15, 0.2) is 0 Å². The predicted octanol–water partition coefficient (Wildman–Crippen LogP) is 3.68. The van der Waals surface area contributed by atoms with Crippen LogP contribution in [0, 0.1) is 5.82 Å². The standard InChI is InChI=1S/C14H14ClFN2/c1-18-6-2-3-9(8-18)11-7-17-14-10(11)4-5-12(16)13(14)15/h3-5,7,17H,2,6,8H2,1H3. The molecule has 0 saturated heterocycles. The largest absolute Gasteiger partial charge is 0.359 e. The molecule has 0 saturated carbocycles. The molecular formula is C14H14ClFN2. The molecule has 0 bridgehead atoms. The SMILES string of the molecule is CN1CCC=C(c2c[nH]c3c(Cl)c(F)ccc23)C1. The number of aromatic amines is 1. The molecule has 0 aliphatic carbocycles. The number of aromatic nitrogens is 1. The third-order valence-corrected chi connectivity index (χ3v) is 3.80. The highest BCUT2D eigenvalue weighted by Crippen LogP contribution is 2.32. The molecule has 3 rings (SSSR count). The smallest absolute Gasteiger partial charge is 0.143 e. The van der Waals surface area contributed by atoms with Crippen molar-refractivity contribution in [2.24, 2.45) is 0 Å². The van der Waals surface area contributed by atoms with E-state index in [2.05, 4.69) is 23.0 Å². The average molecular weight is 265 g/mol. The first kappa shape index (κ1) is 11.8. The molecule has 1 aliphatic heterocycles. The molecule has 2 heterocycles. The summed E-state index contributed by atoms with van der Waals surface area (Å²) in [5.74, 6) is -0.382. The third kappa shape index (κ3) is 1.84. The van der Waals surface area contributed by atoms with Gasteiger partial charge < -0.3 is 9.88 Å². The Labute approximate surface area is 110 Å². The maximum absolute atomic E-state index is 13.4. The number of H-pyrrole nitrogens is 1. The molecule has 94 valence electrons. The van der Waals surface area contributed by atoms with Gasteiger partial charge in [0.25, 0.3) is 0 Å². The summed E-state index contributed by atoms with van der Waals surface area (Å²) >= 11 is 5.97. The Bertz CT molecular complexity index is 630. The quantitative estimate of drug-likeness (QED) is 0.833. The minimum Gasteiger partial charge on any atom is -0.359 e. The van der Waals surface area contributed by atoms with Crippen LogP contribution >= 0.6 is 11.6 Å². The molecule has 0 spiro atoms. The maximum Gasteiger partial charge on any atom is 0.143 e. The highest BCUT2D eigenvalue weighted by atomic mass is 35.5. The van der Waals surface area contributed by atoms with E-state index in [0.717, 1.165) is 30.5 Å². The van der Waals surface area contributed by atoms with Crippen LogP contribution in [-0.4, -0.2) is 30.0 Å². The van der Waals surface area contributed by atoms with Crippen LogP contribution in [0.1, 0.15) is 12.0 Å². The van der Waals surface area contributed by atoms with Gasteiger partial charge in [0.05, 0.1) is 5.52 Å². The highest BCUT2D eigenvalue weighted by molar-refractivity contribution is 6.35. The second kappa shape index (κ2) is 4.41. The molecule has 1 aromatic heterocycles. The molecule has 0 unspecified atom stereocenters. The predicted molar refractivity (Wildman–Crippen MR) is 73.4 cm³/mol. The van der Waals surface area contributed by atoms with Crippen LogP contribution in [0.15, 0.2) is 24.4 Å². The van der Waals surface area contributed by atoms with Crippen molar-refractivity contribution < 1.29 is 4.39 Å². The van der Waals surface area contributed by atoms with E-state index in [9.17, 15) is 4.39 Å². The second-order valence-electron chi connectivity index (χ2n) is 4.74. The van der Waals surface area contributed by atoms with Gasteiger partial charge in [-0.2, -0.15) is 0 Å². The zero-order valence-electron chi connectivity index (χ0n) is 10.1. The normalized spacial score (nSPS) is 17.2. The summed E-state index contributed by atoms with van der Waals surface area (Å²) in [5, 5.41) is 1.16. The number of fused-ring (bicyclic) bond motifs is 1. The van der Waals surface area contributed by atoms with E-state index in [1.54, 1.807) is 6.07 Å². The first-order valence-electron chi connectivity index (χ1n) is 6.00. The Morgan fingerprint density at radius 1 is 1.39 bits per heavy atom. The van der Waals surface area contributed by atoms with E-state index in [1.807, 2.05) is 6.20 Å². The minimum atomic E-state index is -0.382. The number of likely N-dealkylation sites (N-methyl/N-ethyl adjacent to an activating group) is 1. The van der Waals surface area contributed by atoms with Crippen LogP contribution in [0.5, 0.6) is 0 Å². The lowest BCUT2D eigenvalue weighted by Gasteiger charge is -2.22. The summed E-state index contributed by atoms with van der Waals surface area (Å²) in [6.07, 6.45) is 5.22. The fraction of sp³-hybridized carbons (Fsp3) is 0.286. The first-order valence-corrected chi connectivity index (χ1v) is 6.37. The summed E-state index contributed by atoms with van der Waals surface area (Å²) in [6.45, 7) is 2.00. The fourth-order valence-corrected chi connectivity index (χ4v) is 2.71. The lowest BCUT2D eigenvalue weighted by molar-refractivity contribution is 0.373. The number of hydrogen-bond donors (Lipinski definition) is 1. The van der Waals surface area contributed by atoms with Gasteiger partial charge in [-0.1, -0.05) is 17.7 Å². The Morgan fingerprint density at radius 2 is 2.22 bits per heavy atom. The Hall–Kier alpha value is -1.32. The highest BCUT2D eigenvalue weighted by Gasteiger charge is 2.16. The van der Waals surface area contributed by atoms with Gasteiger partial charge in [0, 0.05) is 30.2 Å². The minimum absolute atomic E-state index is 0.170. The molecular weight excluding hydrogens is 251 g/mol. The number of nitrogens with one attached hydrogen (secondary N) is 1. The molecule has 4 heteroatoms. The van der Waals surface area contributed by atoms with Crippen molar-refractivity contribution in [2.45, 2.75) is 6.42 Å². The topological polar surface area (TPSA) is 19.0 Å². The molecule has 1 aliphatic rings. The lowest BCUT2D eigenvalue weighted by Crippen LogP contribution is -2.24. The van der Waals surface area contributed by atoms with E-state index in [0.29, 0.717) is 5.52 Å². The molecule has 18 heavy (non-hydrogen) atoms. The first-order chi connectivity index (χ1) is 8.66. The third-order valence-electron chi connectivity index (χ3n) is 3.43. The number of benzene rings is 1. The molecule has 2 aromatic rings. The zero-order valence-corrected chi connectivity index (χ0v) is 10.9. The van der Waals surface area contributed by atoms with E-state index in [-0.39, 0.29) is 10.8 Å².